The van der Waals surface area contributed by atoms with Crippen molar-refractivity contribution in [1.29, 1.82) is 0 Å². The quantitative estimate of drug-likeness (QED) is 0.210. The fourth-order valence-corrected chi connectivity index (χ4v) is 5.19. The summed E-state index contributed by atoms with van der Waals surface area (Å²) in [6, 6.07) is 29.3. The number of pyridine rings is 1. The minimum Gasteiger partial charge on any atom is -0.356 e. The van der Waals surface area contributed by atoms with E-state index in [2.05, 4.69) is 34.6 Å². The average molecular weight is 542 g/mol. The largest absolute Gasteiger partial charge is 0.416 e. The van der Waals surface area contributed by atoms with E-state index in [4.69, 9.17) is 0 Å². The molecule has 2 aromatic heterocycles. The first-order valence-corrected chi connectivity index (χ1v) is 13.3. The van der Waals surface area contributed by atoms with Crippen LogP contribution in [-0.4, -0.2) is 21.8 Å². The fourth-order valence-electron chi connectivity index (χ4n) is 5.19. The molecule has 4 nitrogen and oxygen atoms in total. The van der Waals surface area contributed by atoms with Crippen LogP contribution in [-0.2, 0) is 11.0 Å². The lowest BCUT2D eigenvalue weighted by Crippen LogP contribution is -2.28. The van der Waals surface area contributed by atoms with Gasteiger partial charge in [0.1, 0.15) is 5.65 Å². The van der Waals surface area contributed by atoms with Crippen molar-refractivity contribution in [1.82, 2.24) is 14.7 Å². The van der Waals surface area contributed by atoms with Crippen LogP contribution in [0.1, 0.15) is 58.2 Å². The van der Waals surface area contributed by atoms with E-state index in [9.17, 15) is 18.0 Å². The number of nitrogens with zero attached hydrogens (tertiary/aromatic N) is 2. The number of carbonyl (C=O) groups excluding carboxylic acids is 1. The number of rotatable bonds is 9. The molecule has 0 aliphatic heterocycles. The Morgan fingerprint density at radius 1 is 0.850 bits per heavy atom. The number of hydrogen-bond donors (Lipinski definition) is 1. The van der Waals surface area contributed by atoms with Crippen molar-refractivity contribution in [3.8, 4) is 0 Å². The summed E-state index contributed by atoms with van der Waals surface area (Å²) >= 11 is 0. The molecule has 0 saturated carbocycles. The molecular formula is C33H30F3N3O. The minimum absolute atomic E-state index is 0.00960. The number of alkyl halides is 3. The Labute approximate surface area is 231 Å². The van der Waals surface area contributed by atoms with Crippen LogP contribution in [0.2, 0.25) is 0 Å². The van der Waals surface area contributed by atoms with Crippen LogP contribution in [0.25, 0.3) is 5.65 Å². The third-order valence-corrected chi connectivity index (χ3v) is 7.22. The zero-order valence-electron chi connectivity index (χ0n) is 22.1. The van der Waals surface area contributed by atoms with Crippen LogP contribution < -0.4 is 5.32 Å². The Bertz CT molecular complexity index is 1540. The zero-order chi connectivity index (χ0) is 28.1. The molecule has 3 aromatic carbocycles. The molecule has 1 amide bonds. The molecule has 0 aliphatic rings. The summed E-state index contributed by atoms with van der Waals surface area (Å²) in [7, 11) is 0. The second-order valence-corrected chi connectivity index (χ2v) is 10.0. The normalized spacial score (nSPS) is 12.5. The van der Waals surface area contributed by atoms with Gasteiger partial charge in [0.15, 0.2) is 0 Å². The SMILES string of the molecule is Cc1ccn2c(C(CC(=O)NCCC(c3ccccc3)c3ccccc3)c3cccc(C(F)(F)F)c3)cnc2c1. The molecule has 2 heterocycles. The van der Waals surface area contributed by atoms with Crippen molar-refractivity contribution in [3.63, 3.8) is 0 Å². The van der Waals surface area contributed by atoms with Gasteiger partial charge in [0.25, 0.3) is 0 Å². The molecular weight excluding hydrogens is 511 g/mol. The molecule has 0 bridgehead atoms. The van der Waals surface area contributed by atoms with Crippen molar-refractivity contribution >= 4 is 11.6 Å². The number of nitrogens with one attached hydrogen (secondary N) is 1. The number of benzene rings is 3. The Balaban J connectivity index is 1.38. The lowest BCUT2D eigenvalue weighted by Gasteiger charge is -2.20. The molecule has 1 unspecified atom stereocenters. The van der Waals surface area contributed by atoms with Gasteiger partial charge in [0, 0.05) is 37.2 Å². The van der Waals surface area contributed by atoms with E-state index in [1.807, 2.05) is 66.1 Å². The smallest absolute Gasteiger partial charge is 0.356 e. The summed E-state index contributed by atoms with van der Waals surface area (Å²) in [5.41, 5.74) is 4.35. The Morgan fingerprint density at radius 2 is 1.50 bits per heavy atom. The van der Waals surface area contributed by atoms with Crippen molar-refractivity contribution in [2.45, 2.75) is 37.8 Å². The molecule has 0 aliphatic carbocycles. The second-order valence-electron chi connectivity index (χ2n) is 10.0. The molecule has 1 N–H and O–H groups in total. The first-order chi connectivity index (χ1) is 19.3. The monoisotopic (exact) mass is 541 g/mol. The number of aromatic nitrogens is 2. The van der Waals surface area contributed by atoms with Gasteiger partial charge in [-0.25, -0.2) is 4.98 Å². The van der Waals surface area contributed by atoms with Gasteiger partial charge in [0.2, 0.25) is 5.91 Å². The third-order valence-electron chi connectivity index (χ3n) is 7.22. The number of carbonyl (C=O) groups is 1. The van der Waals surface area contributed by atoms with Crippen LogP contribution in [0, 0.1) is 6.92 Å². The van der Waals surface area contributed by atoms with Gasteiger partial charge in [0.05, 0.1) is 11.3 Å². The lowest BCUT2D eigenvalue weighted by molar-refractivity contribution is -0.137. The van der Waals surface area contributed by atoms with E-state index in [0.29, 0.717) is 29.9 Å². The van der Waals surface area contributed by atoms with Gasteiger partial charge in [-0.05, 0) is 53.8 Å². The fraction of sp³-hybridized carbons (Fsp3) is 0.212. The Morgan fingerprint density at radius 3 is 2.15 bits per heavy atom. The van der Waals surface area contributed by atoms with Crippen molar-refractivity contribution in [2.75, 3.05) is 6.54 Å². The van der Waals surface area contributed by atoms with E-state index in [1.54, 1.807) is 12.3 Å². The van der Waals surface area contributed by atoms with Gasteiger partial charge >= 0.3 is 6.18 Å². The molecule has 1 atom stereocenters. The third kappa shape index (κ3) is 6.25. The molecule has 7 heteroatoms. The van der Waals surface area contributed by atoms with E-state index in [-0.39, 0.29) is 18.2 Å². The van der Waals surface area contributed by atoms with E-state index in [1.165, 1.54) is 6.07 Å². The molecule has 0 saturated heterocycles. The molecule has 0 fully saturated rings. The predicted molar refractivity (Wildman–Crippen MR) is 150 cm³/mol. The highest BCUT2D eigenvalue weighted by Gasteiger charge is 2.32. The number of imidazole rings is 1. The summed E-state index contributed by atoms with van der Waals surface area (Å²) in [6.07, 6.45) is -0.319. The van der Waals surface area contributed by atoms with Crippen molar-refractivity contribution in [3.05, 3.63) is 143 Å². The molecule has 0 radical (unpaired) electrons. The number of fused-ring (bicyclic) bond motifs is 1. The number of hydrogen-bond acceptors (Lipinski definition) is 2. The highest BCUT2D eigenvalue weighted by Crippen LogP contribution is 2.35. The maximum atomic E-state index is 13.6. The highest BCUT2D eigenvalue weighted by atomic mass is 19.4. The first kappa shape index (κ1) is 27.2. The predicted octanol–water partition coefficient (Wildman–Crippen LogP) is 7.52. The van der Waals surface area contributed by atoms with E-state index < -0.39 is 17.7 Å². The zero-order valence-corrected chi connectivity index (χ0v) is 22.1. The maximum absolute atomic E-state index is 13.6. The molecule has 5 aromatic rings. The summed E-state index contributed by atoms with van der Waals surface area (Å²) < 4.78 is 42.5. The molecule has 40 heavy (non-hydrogen) atoms. The lowest BCUT2D eigenvalue weighted by atomic mass is 9.88. The minimum atomic E-state index is -4.48. The first-order valence-electron chi connectivity index (χ1n) is 13.3. The summed E-state index contributed by atoms with van der Waals surface area (Å²) in [5, 5.41) is 3.03. The van der Waals surface area contributed by atoms with Gasteiger partial charge in [-0.3, -0.25) is 4.79 Å². The summed E-state index contributed by atoms with van der Waals surface area (Å²) in [6.45, 7) is 2.37. The summed E-state index contributed by atoms with van der Waals surface area (Å²) in [4.78, 5) is 17.8. The standard InChI is InChI=1S/C33H30F3N3O/c1-23-16-18-39-30(22-38-31(39)19-23)29(26-13-8-14-27(20-26)33(34,35)36)21-32(40)37-17-15-28(24-9-4-2-5-10-24)25-11-6-3-7-12-25/h2-14,16,18-20,22,28-29H,15,17,21H2,1H3,(H,37,40). The van der Waals surface area contributed by atoms with Gasteiger partial charge in [-0.1, -0.05) is 78.9 Å². The Kier molecular flexibility index (Phi) is 8.01. The number of halogens is 3. The van der Waals surface area contributed by atoms with E-state index >= 15 is 0 Å². The molecule has 0 spiro atoms. The van der Waals surface area contributed by atoms with Gasteiger partial charge in [-0.15, -0.1) is 0 Å². The Hall–Kier alpha value is -4.39. The van der Waals surface area contributed by atoms with Crippen LogP contribution in [0.3, 0.4) is 0 Å². The number of amides is 1. The van der Waals surface area contributed by atoms with Gasteiger partial charge in [-0.2, -0.15) is 13.2 Å². The topological polar surface area (TPSA) is 46.4 Å². The number of aryl methyl sites for hydroxylation is 1. The van der Waals surface area contributed by atoms with Crippen LogP contribution >= 0.6 is 0 Å². The molecule has 204 valence electrons. The molecule has 5 rings (SSSR count). The second kappa shape index (κ2) is 11.8. The highest BCUT2D eigenvalue weighted by molar-refractivity contribution is 5.77. The maximum Gasteiger partial charge on any atom is 0.416 e. The van der Waals surface area contributed by atoms with Crippen molar-refractivity contribution < 1.29 is 18.0 Å². The van der Waals surface area contributed by atoms with Crippen molar-refractivity contribution in [2.24, 2.45) is 0 Å². The van der Waals surface area contributed by atoms with Crippen LogP contribution in [0.5, 0.6) is 0 Å². The van der Waals surface area contributed by atoms with Crippen LogP contribution in [0.4, 0.5) is 13.2 Å². The van der Waals surface area contributed by atoms with Gasteiger partial charge < -0.3 is 9.72 Å². The van der Waals surface area contributed by atoms with E-state index in [0.717, 1.165) is 28.8 Å². The summed E-state index contributed by atoms with van der Waals surface area (Å²) in [5.74, 6) is -0.743. The van der Waals surface area contributed by atoms with Crippen LogP contribution in [0.15, 0.2) is 109 Å². The average Bonchev–Trinajstić information content (AvgIpc) is 3.37.